The molecule has 1 aromatic rings. The standard InChI is InChI=1S/C15H22FN/c1-10-7-13(16)8-11(2)15(10)14(17)9-12-5-3-4-6-12/h7-8,12,14H,3-6,9,17H2,1-2H3. The fourth-order valence-electron chi connectivity index (χ4n) is 3.23. The first-order valence-electron chi connectivity index (χ1n) is 6.60. The molecule has 1 unspecified atom stereocenters. The second-order valence-corrected chi connectivity index (χ2v) is 5.45. The average Bonchev–Trinajstić information content (AvgIpc) is 2.68. The summed E-state index contributed by atoms with van der Waals surface area (Å²) in [6.45, 7) is 3.92. The molecular formula is C15H22FN. The van der Waals surface area contributed by atoms with Crippen molar-refractivity contribution in [2.45, 2.75) is 52.0 Å². The Balaban J connectivity index is 2.15. The van der Waals surface area contributed by atoms with Crippen molar-refractivity contribution in [3.63, 3.8) is 0 Å². The van der Waals surface area contributed by atoms with Crippen LogP contribution >= 0.6 is 0 Å². The van der Waals surface area contributed by atoms with E-state index in [1.807, 2.05) is 13.8 Å². The molecule has 0 bridgehead atoms. The molecule has 94 valence electrons. The summed E-state index contributed by atoms with van der Waals surface area (Å²) in [5.41, 5.74) is 9.44. The van der Waals surface area contributed by atoms with Gasteiger partial charge in [-0.2, -0.15) is 0 Å². The van der Waals surface area contributed by atoms with Gasteiger partial charge in [-0.05, 0) is 55.0 Å². The van der Waals surface area contributed by atoms with Crippen molar-refractivity contribution in [1.82, 2.24) is 0 Å². The van der Waals surface area contributed by atoms with Gasteiger partial charge in [0.15, 0.2) is 0 Å². The first-order valence-corrected chi connectivity index (χ1v) is 6.60. The van der Waals surface area contributed by atoms with Crippen LogP contribution in [-0.2, 0) is 0 Å². The quantitative estimate of drug-likeness (QED) is 0.841. The van der Waals surface area contributed by atoms with Crippen LogP contribution in [0, 0.1) is 25.6 Å². The highest BCUT2D eigenvalue weighted by molar-refractivity contribution is 5.36. The first kappa shape index (κ1) is 12.6. The summed E-state index contributed by atoms with van der Waals surface area (Å²) in [7, 11) is 0. The van der Waals surface area contributed by atoms with Gasteiger partial charge >= 0.3 is 0 Å². The molecule has 1 aliphatic rings. The van der Waals surface area contributed by atoms with Crippen LogP contribution in [0.4, 0.5) is 4.39 Å². The SMILES string of the molecule is Cc1cc(F)cc(C)c1C(N)CC1CCCC1. The van der Waals surface area contributed by atoms with E-state index in [4.69, 9.17) is 5.73 Å². The summed E-state index contributed by atoms with van der Waals surface area (Å²) in [5, 5.41) is 0. The molecule has 17 heavy (non-hydrogen) atoms. The summed E-state index contributed by atoms with van der Waals surface area (Å²) in [5.74, 6) is 0.616. The van der Waals surface area contributed by atoms with Crippen LogP contribution in [0.3, 0.4) is 0 Å². The van der Waals surface area contributed by atoms with Gasteiger partial charge in [0.25, 0.3) is 0 Å². The lowest BCUT2D eigenvalue weighted by atomic mass is 9.89. The molecule has 2 N–H and O–H groups in total. The highest BCUT2D eigenvalue weighted by Crippen LogP contribution is 2.33. The Bertz CT molecular complexity index is 371. The first-order chi connectivity index (χ1) is 8.08. The molecule has 0 radical (unpaired) electrons. The minimum absolute atomic E-state index is 0.0682. The number of rotatable bonds is 3. The van der Waals surface area contributed by atoms with Gasteiger partial charge in [0, 0.05) is 6.04 Å². The molecule has 1 atom stereocenters. The largest absolute Gasteiger partial charge is 0.324 e. The van der Waals surface area contributed by atoms with E-state index in [-0.39, 0.29) is 11.9 Å². The van der Waals surface area contributed by atoms with Crippen LogP contribution < -0.4 is 5.73 Å². The summed E-state index contributed by atoms with van der Waals surface area (Å²) in [6, 6.07) is 3.26. The van der Waals surface area contributed by atoms with Crippen molar-refractivity contribution in [2.75, 3.05) is 0 Å². The average molecular weight is 235 g/mol. The monoisotopic (exact) mass is 235 g/mol. The second-order valence-electron chi connectivity index (χ2n) is 5.45. The fourth-order valence-corrected chi connectivity index (χ4v) is 3.23. The van der Waals surface area contributed by atoms with Crippen LogP contribution in [0.2, 0.25) is 0 Å². The zero-order valence-corrected chi connectivity index (χ0v) is 10.8. The minimum atomic E-state index is -0.156. The summed E-state index contributed by atoms with van der Waals surface area (Å²) < 4.78 is 13.2. The zero-order valence-electron chi connectivity index (χ0n) is 10.8. The van der Waals surface area contributed by atoms with Crippen LogP contribution in [0.15, 0.2) is 12.1 Å². The van der Waals surface area contributed by atoms with E-state index in [0.717, 1.165) is 29.0 Å². The highest BCUT2D eigenvalue weighted by atomic mass is 19.1. The van der Waals surface area contributed by atoms with Gasteiger partial charge in [0.05, 0.1) is 0 Å². The van der Waals surface area contributed by atoms with Crippen molar-refractivity contribution in [3.05, 3.63) is 34.6 Å². The molecule has 1 aliphatic carbocycles. The number of benzene rings is 1. The topological polar surface area (TPSA) is 26.0 Å². The van der Waals surface area contributed by atoms with E-state index in [0.29, 0.717) is 0 Å². The van der Waals surface area contributed by atoms with Crippen LogP contribution in [0.1, 0.15) is 54.8 Å². The lowest BCUT2D eigenvalue weighted by Crippen LogP contribution is -2.17. The second kappa shape index (κ2) is 5.18. The molecule has 0 aromatic heterocycles. The molecule has 0 spiro atoms. The molecule has 1 fully saturated rings. The van der Waals surface area contributed by atoms with Gasteiger partial charge in [-0.1, -0.05) is 25.7 Å². The molecule has 0 saturated heterocycles. The number of hydrogen-bond acceptors (Lipinski definition) is 1. The van der Waals surface area contributed by atoms with Crippen molar-refractivity contribution in [2.24, 2.45) is 11.7 Å². The summed E-state index contributed by atoms with van der Waals surface area (Å²) >= 11 is 0. The molecule has 2 rings (SSSR count). The fraction of sp³-hybridized carbons (Fsp3) is 0.600. The van der Waals surface area contributed by atoms with E-state index in [1.54, 1.807) is 12.1 Å². The Hall–Kier alpha value is -0.890. The van der Waals surface area contributed by atoms with E-state index in [2.05, 4.69) is 0 Å². The minimum Gasteiger partial charge on any atom is -0.324 e. The van der Waals surface area contributed by atoms with Crippen molar-refractivity contribution < 1.29 is 4.39 Å². The van der Waals surface area contributed by atoms with Crippen molar-refractivity contribution in [3.8, 4) is 0 Å². The Kier molecular flexibility index (Phi) is 3.82. The van der Waals surface area contributed by atoms with Gasteiger partial charge in [-0.25, -0.2) is 4.39 Å². The predicted octanol–water partition coefficient (Wildman–Crippen LogP) is 4.02. The maximum Gasteiger partial charge on any atom is 0.123 e. The molecule has 0 aliphatic heterocycles. The number of nitrogens with two attached hydrogens (primary N) is 1. The number of hydrogen-bond donors (Lipinski definition) is 1. The third kappa shape index (κ3) is 2.86. The smallest absolute Gasteiger partial charge is 0.123 e. The van der Waals surface area contributed by atoms with E-state index in [1.165, 1.54) is 25.7 Å². The molecular weight excluding hydrogens is 213 g/mol. The zero-order chi connectivity index (χ0) is 12.4. The Morgan fingerprint density at radius 1 is 1.24 bits per heavy atom. The lowest BCUT2D eigenvalue weighted by molar-refractivity contribution is 0.448. The third-order valence-electron chi connectivity index (χ3n) is 3.99. The normalized spacial score (nSPS) is 18.6. The molecule has 1 aromatic carbocycles. The third-order valence-corrected chi connectivity index (χ3v) is 3.99. The molecule has 1 saturated carbocycles. The van der Waals surface area contributed by atoms with Gasteiger partial charge in [0.1, 0.15) is 5.82 Å². The van der Waals surface area contributed by atoms with Gasteiger partial charge in [-0.15, -0.1) is 0 Å². The molecule has 2 heteroatoms. The number of aryl methyl sites for hydroxylation is 2. The van der Waals surface area contributed by atoms with Crippen LogP contribution in [-0.4, -0.2) is 0 Å². The Morgan fingerprint density at radius 2 is 1.76 bits per heavy atom. The summed E-state index contributed by atoms with van der Waals surface area (Å²) in [6.07, 6.45) is 6.37. The molecule has 0 amide bonds. The van der Waals surface area contributed by atoms with Crippen LogP contribution in [0.25, 0.3) is 0 Å². The van der Waals surface area contributed by atoms with E-state index >= 15 is 0 Å². The predicted molar refractivity (Wildman–Crippen MR) is 69.4 cm³/mol. The van der Waals surface area contributed by atoms with E-state index in [9.17, 15) is 4.39 Å². The molecule has 1 nitrogen and oxygen atoms in total. The maximum atomic E-state index is 13.2. The lowest BCUT2D eigenvalue weighted by Gasteiger charge is -2.20. The van der Waals surface area contributed by atoms with E-state index < -0.39 is 0 Å². The number of halogens is 1. The van der Waals surface area contributed by atoms with Crippen LogP contribution in [0.5, 0.6) is 0 Å². The Morgan fingerprint density at radius 3 is 2.29 bits per heavy atom. The summed E-state index contributed by atoms with van der Waals surface area (Å²) in [4.78, 5) is 0. The van der Waals surface area contributed by atoms with Crippen molar-refractivity contribution in [1.29, 1.82) is 0 Å². The highest BCUT2D eigenvalue weighted by Gasteiger charge is 2.21. The molecule has 0 heterocycles. The van der Waals surface area contributed by atoms with Gasteiger partial charge in [-0.3, -0.25) is 0 Å². The van der Waals surface area contributed by atoms with Gasteiger partial charge < -0.3 is 5.73 Å². The van der Waals surface area contributed by atoms with Crippen molar-refractivity contribution >= 4 is 0 Å². The van der Waals surface area contributed by atoms with Gasteiger partial charge in [0.2, 0.25) is 0 Å². The maximum absolute atomic E-state index is 13.2. The Labute approximate surface area is 103 Å².